The first-order valence-electron chi connectivity index (χ1n) is 6.59. The molecule has 3 N–H and O–H groups in total. The number of carboxylic acids is 1. The Hall–Kier alpha value is -1.34. The predicted molar refractivity (Wildman–Crippen MR) is 94.0 cm³/mol. The number of rotatable bonds is 3. The highest BCUT2D eigenvalue weighted by molar-refractivity contribution is 6.44. The van der Waals surface area contributed by atoms with Crippen LogP contribution >= 0.6 is 46.4 Å². The smallest absolute Gasteiger partial charge is 0.356 e. The maximum absolute atomic E-state index is 11.2. The topological polar surface area (TPSA) is 95.2 Å². The minimum absolute atomic E-state index is 0.0610. The summed E-state index contributed by atoms with van der Waals surface area (Å²) in [4.78, 5) is 27.0. The van der Waals surface area contributed by atoms with Gasteiger partial charge in [-0.2, -0.15) is 0 Å². The Bertz CT molecular complexity index is 767. The standard InChI is InChI=1S/C8H9Cl2NO2.C6H5Cl2NO2/c1-3-13-8(12)7-6(10)5(9)4(2)11-7;1-2-3(7)4(8)5(9-2)6(10)11/h11H,3H2,1-2H3;9H,1H3,(H,10,11). The molecule has 0 saturated heterocycles. The Labute approximate surface area is 158 Å². The van der Waals surface area contributed by atoms with E-state index in [0.717, 1.165) is 0 Å². The highest BCUT2D eigenvalue weighted by atomic mass is 35.5. The van der Waals surface area contributed by atoms with Crippen molar-refractivity contribution in [3.8, 4) is 0 Å². The van der Waals surface area contributed by atoms with E-state index in [4.69, 9.17) is 56.2 Å². The van der Waals surface area contributed by atoms with Crippen molar-refractivity contribution in [1.82, 2.24) is 9.97 Å². The van der Waals surface area contributed by atoms with Crippen LogP contribution in [0.25, 0.3) is 0 Å². The number of halogens is 4. The van der Waals surface area contributed by atoms with Crippen LogP contribution in [0.4, 0.5) is 0 Å². The van der Waals surface area contributed by atoms with Crippen molar-refractivity contribution in [2.45, 2.75) is 20.8 Å². The van der Waals surface area contributed by atoms with Gasteiger partial charge in [-0.3, -0.25) is 0 Å². The Morgan fingerprint density at radius 3 is 1.58 bits per heavy atom. The van der Waals surface area contributed by atoms with E-state index in [2.05, 4.69) is 9.97 Å². The van der Waals surface area contributed by atoms with Gasteiger partial charge in [0.1, 0.15) is 11.4 Å². The average Bonchev–Trinajstić information content (AvgIpc) is 2.93. The van der Waals surface area contributed by atoms with Crippen LogP contribution < -0.4 is 0 Å². The van der Waals surface area contributed by atoms with E-state index in [1.165, 1.54) is 0 Å². The molecule has 0 atom stereocenters. The molecule has 2 heterocycles. The van der Waals surface area contributed by atoms with Crippen LogP contribution in [-0.2, 0) is 4.74 Å². The fraction of sp³-hybridized carbons (Fsp3) is 0.286. The number of H-pyrrole nitrogens is 2. The number of nitrogens with one attached hydrogen (secondary N) is 2. The van der Waals surface area contributed by atoms with E-state index < -0.39 is 11.9 Å². The van der Waals surface area contributed by atoms with E-state index in [1.54, 1.807) is 20.8 Å². The van der Waals surface area contributed by atoms with Gasteiger partial charge in [0.25, 0.3) is 0 Å². The molecule has 132 valence electrons. The molecule has 6 nitrogen and oxygen atoms in total. The quantitative estimate of drug-likeness (QED) is 0.605. The SMILES string of the molecule is CCOC(=O)c1[nH]c(C)c(Cl)c1Cl.Cc1[nH]c(C(=O)O)c(Cl)c1Cl. The maximum Gasteiger partial charge on any atom is 0.356 e. The third-order valence-corrected chi connectivity index (χ3v) is 4.70. The molecule has 2 aromatic heterocycles. The molecule has 0 amide bonds. The minimum Gasteiger partial charge on any atom is -0.477 e. The Balaban J connectivity index is 0.000000243. The van der Waals surface area contributed by atoms with Crippen molar-refractivity contribution in [3.05, 3.63) is 42.9 Å². The number of aromatic carboxylic acids is 1. The van der Waals surface area contributed by atoms with Crippen molar-refractivity contribution in [3.63, 3.8) is 0 Å². The first-order chi connectivity index (χ1) is 11.1. The largest absolute Gasteiger partial charge is 0.477 e. The normalized spacial score (nSPS) is 10.1. The molecular weight excluding hydrogens is 402 g/mol. The third kappa shape index (κ3) is 4.60. The number of hydrogen-bond acceptors (Lipinski definition) is 3. The zero-order chi connectivity index (χ0) is 18.6. The van der Waals surface area contributed by atoms with Gasteiger partial charge < -0.3 is 19.8 Å². The van der Waals surface area contributed by atoms with Crippen LogP contribution in [0.2, 0.25) is 20.1 Å². The van der Waals surface area contributed by atoms with Gasteiger partial charge in [0.15, 0.2) is 0 Å². The molecule has 2 rings (SSSR count). The second-order valence-corrected chi connectivity index (χ2v) is 6.04. The van der Waals surface area contributed by atoms with Gasteiger partial charge in [0.2, 0.25) is 0 Å². The molecular formula is C14H14Cl4N2O4. The summed E-state index contributed by atoms with van der Waals surface area (Å²) >= 11 is 22.7. The summed E-state index contributed by atoms with van der Waals surface area (Å²) in [6.45, 7) is 5.42. The summed E-state index contributed by atoms with van der Waals surface area (Å²) in [6.07, 6.45) is 0. The molecule has 0 spiro atoms. The number of esters is 1. The summed E-state index contributed by atoms with van der Waals surface area (Å²) < 4.78 is 4.76. The van der Waals surface area contributed by atoms with Crippen molar-refractivity contribution >= 4 is 58.3 Å². The van der Waals surface area contributed by atoms with Crippen LogP contribution in [-0.4, -0.2) is 33.6 Å². The molecule has 0 saturated carbocycles. The predicted octanol–water partition coefficient (Wildman–Crippen LogP) is 5.13. The zero-order valence-corrected chi connectivity index (χ0v) is 15.9. The monoisotopic (exact) mass is 414 g/mol. The second kappa shape index (κ2) is 8.67. The van der Waals surface area contributed by atoms with Crippen molar-refractivity contribution in [2.75, 3.05) is 6.61 Å². The van der Waals surface area contributed by atoms with E-state index in [9.17, 15) is 9.59 Å². The molecule has 0 radical (unpaired) electrons. The number of ether oxygens (including phenoxy) is 1. The second-order valence-electron chi connectivity index (χ2n) is 4.53. The van der Waals surface area contributed by atoms with E-state index >= 15 is 0 Å². The number of aryl methyl sites for hydroxylation is 2. The lowest BCUT2D eigenvalue weighted by Crippen LogP contribution is -2.05. The number of carbonyl (C=O) groups excluding carboxylic acids is 1. The van der Waals surface area contributed by atoms with Crippen molar-refractivity contribution in [1.29, 1.82) is 0 Å². The molecule has 2 aromatic rings. The Morgan fingerprint density at radius 1 is 0.917 bits per heavy atom. The third-order valence-electron chi connectivity index (χ3n) is 2.80. The molecule has 0 bridgehead atoms. The lowest BCUT2D eigenvalue weighted by Gasteiger charge is -1.98. The molecule has 0 aliphatic rings. The van der Waals surface area contributed by atoms with Gasteiger partial charge in [0, 0.05) is 11.4 Å². The average molecular weight is 416 g/mol. The van der Waals surface area contributed by atoms with Gasteiger partial charge >= 0.3 is 11.9 Å². The van der Waals surface area contributed by atoms with Gasteiger partial charge in [-0.25, -0.2) is 9.59 Å². The molecule has 24 heavy (non-hydrogen) atoms. The van der Waals surface area contributed by atoms with E-state index in [1.807, 2.05) is 0 Å². The van der Waals surface area contributed by atoms with Crippen molar-refractivity contribution < 1.29 is 19.4 Å². The van der Waals surface area contributed by atoms with Crippen LogP contribution in [0.15, 0.2) is 0 Å². The van der Waals surface area contributed by atoms with E-state index in [-0.39, 0.29) is 26.5 Å². The van der Waals surface area contributed by atoms with Crippen LogP contribution in [0.3, 0.4) is 0 Å². The zero-order valence-electron chi connectivity index (χ0n) is 12.9. The van der Waals surface area contributed by atoms with Crippen LogP contribution in [0.5, 0.6) is 0 Å². The number of carboxylic acid groups (broad SMARTS) is 1. The van der Waals surface area contributed by atoms with Gasteiger partial charge in [0.05, 0.1) is 26.7 Å². The summed E-state index contributed by atoms with van der Waals surface area (Å²) in [6, 6.07) is 0. The Kier molecular flexibility index (Phi) is 7.48. The summed E-state index contributed by atoms with van der Waals surface area (Å²) in [5.74, 6) is -1.59. The number of hydrogen-bond donors (Lipinski definition) is 3. The molecule has 10 heteroatoms. The van der Waals surface area contributed by atoms with Gasteiger partial charge in [-0.05, 0) is 20.8 Å². The first kappa shape index (κ1) is 20.7. The Morgan fingerprint density at radius 2 is 1.33 bits per heavy atom. The molecule has 0 fully saturated rings. The fourth-order valence-corrected chi connectivity index (χ4v) is 2.45. The number of aromatic amines is 2. The van der Waals surface area contributed by atoms with Gasteiger partial charge in [-0.15, -0.1) is 0 Å². The lowest BCUT2D eigenvalue weighted by molar-refractivity contribution is 0.0519. The molecule has 0 aromatic carbocycles. The molecule has 0 aliphatic heterocycles. The highest BCUT2D eigenvalue weighted by Gasteiger charge is 2.18. The van der Waals surface area contributed by atoms with Crippen molar-refractivity contribution in [2.24, 2.45) is 0 Å². The summed E-state index contributed by atoms with van der Waals surface area (Å²) in [5.41, 5.74) is 1.38. The number of carbonyl (C=O) groups is 2. The minimum atomic E-state index is -1.11. The van der Waals surface area contributed by atoms with Crippen LogP contribution in [0.1, 0.15) is 39.3 Å². The summed E-state index contributed by atoms with van der Waals surface area (Å²) in [5, 5.41) is 9.45. The highest BCUT2D eigenvalue weighted by Crippen LogP contribution is 2.29. The molecule has 0 unspecified atom stereocenters. The number of aromatic nitrogens is 2. The first-order valence-corrected chi connectivity index (χ1v) is 8.10. The fourth-order valence-electron chi connectivity index (χ4n) is 1.63. The summed E-state index contributed by atoms with van der Waals surface area (Å²) in [7, 11) is 0. The maximum atomic E-state index is 11.2. The lowest BCUT2D eigenvalue weighted by atomic mass is 10.4. The van der Waals surface area contributed by atoms with Gasteiger partial charge in [-0.1, -0.05) is 46.4 Å². The van der Waals surface area contributed by atoms with E-state index in [0.29, 0.717) is 23.0 Å². The van der Waals surface area contributed by atoms with Crippen LogP contribution in [0, 0.1) is 13.8 Å². The molecule has 0 aliphatic carbocycles.